The lowest BCUT2D eigenvalue weighted by Crippen LogP contribution is -2.14. The molecule has 0 saturated carbocycles. The number of carbonyl (C=O) groups is 2. The van der Waals surface area contributed by atoms with E-state index in [1.54, 1.807) is 43.3 Å². The highest BCUT2D eigenvalue weighted by Crippen LogP contribution is 2.19. The summed E-state index contributed by atoms with van der Waals surface area (Å²) in [6.07, 6.45) is 0. The smallest absolute Gasteiger partial charge is 0.338 e. The number of esters is 1. The van der Waals surface area contributed by atoms with Gasteiger partial charge in [0.1, 0.15) is 0 Å². The van der Waals surface area contributed by atoms with Gasteiger partial charge in [-0.1, -0.05) is 0 Å². The number of nitrogens with one attached hydrogen (secondary N) is 1. The fourth-order valence-electron chi connectivity index (χ4n) is 1.81. The molecule has 0 aliphatic rings. The Bertz CT molecular complexity index is 669. The van der Waals surface area contributed by atoms with Gasteiger partial charge in [0.25, 0.3) is 0 Å². The van der Waals surface area contributed by atoms with Gasteiger partial charge in [-0.25, -0.2) is 4.79 Å². The lowest BCUT2D eigenvalue weighted by molar-refractivity contribution is -0.113. The molecule has 23 heavy (non-hydrogen) atoms. The van der Waals surface area contributed by atoms with E-state index >= 15 is 0 Å². The average Bonchev–Trinajstić information content (AvgIpc) is 2.55. The number of ether oxygens (including phenoxy) is 1. The minimum absolute atomic E-state index is 0.115. The second kappa shape index (κ2) is 8.24. The number of nitrogen functional groups attached to an aromatic ring is 1. The van der Waals surface area contributed by atoms with Crippen LogP contribution >= 0.6 is 11.8 Å². The molecule has 3 N–H and O–H groups in total. The molecule has 0 radical (unpaired) electrons. The van der Waals surface area contributed by atoms with Crippen LogP contribution < -0.4 is 11.1 Å². The summed E-state index contributed by atoms with van der Waals surface area (Å²) in [4.78, 5) is 24.4. The maximum Gasteiger partial charge on any atom is 0.338 e. The fraction of sp³-hybridized carbons (Fsp3) is 0.176. The number of nitrogens with two attached hydrogens (primary N) is 1. The summed E-state index contributed by atoms with van der Waals surface area (Å²) in [6, 6.07) is 14.0. The summed E-state index contributed by atoms with van der Waals surface area (Å²) in [7, 11) is 0. The molecule has 5 nitrogen and oxygen atoms in total. The van der Waals surface area contributed by atoms with Crippen molar-refractivity contribution in [2.75, 3.05) is 23.4 Å². The number of benzene rings is 2. The van der Waals surface area contributed by atoms with Gasteiger partial charge in [-0.2, -0.15) is 0 Å². The van der Waals surface area contributed by atoms with E-state index in [2.05, 4.69) is 5.32 Å². The molecule has 1 amide bonds. The van der Waals surface area contributed by atoms with Gasteiger partial charge in [0, 0.05) is 16.3 Å². The normalized spacial score (nSPS) is 10.1. The Labute approximate surface area is 139 Å². The lowest BCUT2D eigenvalue weighted by atomic mass is 10.2. The molecule has 0 bridgehead atoms. The molecule has 2 aromatic rings. The van der Waals surface area contributed by atoms with Crippen LogP contribution in [0.1, 0.15) is 17.3 Å². The summed E-state index contributed by atoms with van der Waals surface area (Å²) in [6.45, 7) is 2.09. The van der Waals surface area contributed by atoms with Crippen LogP contribution in [0.15, 0.2) is 53.4 Å². The highest BCUT2D eigenvalue weighted by atomic mass is 32.2. The zero-order valence-electron chi connectivity index (χ0n) is 12.7. The second-order valence-corrected chi connectivity index (χ2v) is 5.75. The zero-order chi connectivity index (χ0) is 16.7. The molecule has 6 heteroatoms. The maximum atomic E-state index is 11.9. The van der Waals surface area contributed by atoms with Crippen molar-refractivity contribution in [3.05, 3.63) is 54.1 Å². The summed E-state index contributed by atoms with van der Waals surface area (Å²) in [5, 5.41) is 2.79. The summed E-state index contributed by atoms with van der Waals surface area (Å²) >= 11 is 1.43. The van der Waals surface area contributed by atoms with E-state index < -0.39 is 0 Å². The maximum absolute atomic E-state index is 11.9. The topological polar surface area (TPSA) is 81.4 Å². The first-order chi connectivity index (χ1) is 11.1. The molecule has 0 unspecified atom stereocenters. The van der Waals surface area contributed by atoms with Gasteiger partial charge in [0.05, 0.1) is 17.9 Å². The van der Waals surface area contributed by atoms with Gasteiger partial charge in [0.15, 0.2) is 0 Å². The van der Waals surface area contributed by atoms with Gasteiger partial charge in [-0.15, -0.1) is 11.8 Å². The Kier molecular flexibility index (Phi) is 6.05. The first kappa shape index (κ1) is 16.9. The van der Waals surface area contributed by atoms with E-state index in [4.69, 9.17) is 10.5 Å². The molecule has 0 fully saturated rings. The van der Waals surface area contributed by atoms with Gasteiger partial charge >= 0.3 is 5.97 Å². The van der Waals surface area contributed by atoms with Crippen LogP contribution in [0, 0.1) is 0 Å². The number of rotatable bonds is 6. The van der Waals surface area contributed by atoms with Crippen molar-refractivity contribution in [3.63, 3.8) is 0 Å². The quantitative estimate of drug-likeness (QED) is 0.483. The van der Waals surface area contributed by atoms with E-state index in [1.165, 1.54) is 11.8 Å². The molecular weight excluding hydrogens is 312 g/mol. The highest BCUT2D eigenvalue weighted by molar-refractivity contribution is 8.00. The first-order valence-corrected chi connectivity index (χ1v) is 8.12. The van der Waals surface area contributed by atoms with Crippen molar-refractivity contribution in [2.24, 2.45) is 0 Å². The monoisotopic (exact) mass is 330 g/mol. The lowest BCUT2D eigenvalue weighted by Gasteiger charge is -2.07. The molecule has 0 heterocycles. The Morgan fingerprint density at radius 3 is 2.35 bits per heavy atom. The Hall–Kier alpha value is -2.47. The number of anilines is 2. The van der Waals surface area contributed by atoms with Crippen molar-refractivity contribution < 1.29 is 14.3 Å². The fourth-order valence-corrected chi connectivity index (χ4v) is 2.51. The number of thioether (sulfide) groups is 1. The predicted octanol–water partition coefficient (Wildman–Crippen LogP) is 3.18. The Morgan fingerprint density at radius 1 is 1.09 bits per heavy atom. The van der Waals surface area contributed by atoms with Gasteiger partial charge in [0.2, 0.25) is 5.91 Å². The van der Waals surface area contributed by atoms with Crippen LogP contribution in [0.4, 0.5) is 11.4 Å². The summed E-state index contributed by atoms with van der Waals surface area (Å²) in [5.41, 5.74) is 7.41. The highest BCUT2D eigenvalue weighted by Gasteiger charge is 2.07. The SMILES string of the molecule is CCOC(=O)c1ccc(NC(=O)CSc2ccc(N)cc2)cc1. The largest absolute Gasteiger partial charge is 0.462 e. The van der Waals surface area contributed by atoms with Crippen LogP contribution in [0.25, 0.3) is 0 Å². The van der Waals surface area contributed by atoms with Crippen LogP contribution in [0.5, 0.6) is 0 Å². The average molecular weight is 330 g/mol. The molecule has 120 valence electrons. The standard InChI is InChI=1S/C17H18N2O3S/c1-2-22-17(21)12-3-7-14(8-4-12)19-16(20)11-23-15-9-5-13(18)6-10-15/h3-10H,2,11,18H2,1H3,(H,19,20). The zero-order valence-corrected chi connectivity index (χ0v) is 13.6. The molecule has 0 aliphatic heterocycles. The van der Waals surface area contributed by atoms with Crippen LogP contribution in [0.3, 0.4) is 0 Å². The molecule has 0 aliphatic carbocycles. The predicted molar refractivity (Wildman–Crippen MR) is 92.6 cm³/mol. The van der Waals surface area contributed by atoms with E-state index in [-0.39, 0.29) is 11.9 Å². The summed E-state index contributed by atoms with van der Waals surface area (Å²) in [5.74, 6) is -0.191. The number of amides is 1. The third-order valence-corrected chi connectivity index (χ3v) is 3.94. The molecular formula is C17H18N2O3S. The van der Waals surface area contributed by atoms with Crippen molar-refractivity contribution >= 4 is 35.0 Å². The minimum atomic E-state index is -0.371. The molecule has 0 aromatic heterocycles. The number of carbonyl (C=O) groups excluding carboxylic acids is 2. The third kappa shape index (κ3) is 5.34. The van der Waals surface area contributed by atoms with Crippen LogP contribution in [0.2, 0.25) is 0 Å². The minimum Gasteiger partial charge on any atom is -0.462 e. The third-order valence-electron chi connectivity index (χ3n) is 2.93. The molecule has 2 aromatic carbocycles. The number of hydrogen-bond acceptors (Lipinski definition) is 5. The molecule has 0 spiro atoms. The first-order valence-electron chi connectivity index (χ1n) is 7.14. The van der Waals surface area contributed by atoms with Crippen molar-refractivity contribution in [3.8, 4) is 0 Å². The summed E-state index contributed by atoms with van der Waals surface area (Å²) < 4.78 is 4.91. The van der Waals surface area contributed by atoms with E-state index in [0.717, 1.165) is 4.90 Å². The van der Waals surface area contributed by atoms with Crippen molar-refractivity contribution in [2.45, 2.75) is 11.8 Å². The van der Waals surface area contributed by atoms with Crippen LogP contribution in [-0.4, -0.2) is 24.2 Å². The van der Waals surface area contributed by atoms with E-state index in [0.29, 0.717) is 29.3 Å². The molecule has 2 rings (SSSR count). The van der Waals surface area contributed by atoms with Crippen molar-refractivity contribution in [1.82, 2.24) is 0 Å². The van der Waals surface area contributed by atoms with Gasteiger partial charge in [-0.3, -0.25) is 4.79 Å². The van der Waals surface area contributed by atoms with Gasteiger partial charge < -0.3 is 15.8 Å². The number of hydrogen-bond donors (Lipinski definition) is 2. The Balaban J connectivity index is 1.85. The van der Waals surface area contributed by atoms with Gasteiger partial charge in [-0.05, 0) is 55.5 Å². The van der Waals surface area contributed by atoms with E-state index in [9.17, 15) is 9.59 Å². The Morgan fingerprint density at radius 2 is 1.74 bits per heavy atom. The second-order valence-electron chi connectivity index (χ2n) is 4.70. The molecule has 0 atom stereocenters. The molecule has 0 saturated heterocycles. The van der Waals surface area contributed by atoms with Crippen molar-refractivity contribution in [1.29, 1.82) is 0 Å². The van der Waals surface area contributed by atoms with Crippen LogP contribution in [-0.2, 0) is 9.53 Å². The van der Waals surface area contributed by atoms with E-state index in [1.807, 2.05) is 12.1 Å².